The third kappa shape index (κ3) is 4.03. The van der Waals surface area contributed by atoms with Crippen molar-refractivity contribution in [1.29, 1.82) is 0 Å². The number of H-pyrrole nitrogens is 1. The summed E-state index contributed by atoms with van der Waals surface area (Å²) in [6.07, 6.45) is 8.86. The Labute approximate surface area is 200 Å². The van der Waals surface area contributed by atoms with Crippen molar-refractivity contribution in [2.45, 2.75) is 38.6 Å². The van der Waals surface area contributed by atoms with Gasteiger partial charge in [-0.1, -0.05) is 12.1 Å². The number of aryl methyl sites for hydroxylation is 4. The van der Waals surface area contributed by atoms with Crippen molar-refractivity contribution >= 4 is 16.8 Å². The van der Waals surface area contributed by atoms with Gasteiger partial charge in [0.25, 0.3) is 0 Å². The van der Waals surface area contributed by atoms with Crippen molar-refractivity contribution in [2.24, 2.45) is 7.05 Å². The summed E-state index contributed by atoms with van der Waals surface area (Å²) in [6, 6.07) is 8.90. The van der Waals surface area contributed by atoms with Crippen LogP contribution in [0.3, 0.4) is 0 Å². The molecular weight excluding hydrogens is 445 g/mol. The van der Waals surface area contributed by atoms with Crippen molar-refractivity contribution in [3.63, 3.8) is 0 Å². The van der Waals surface area contributed by atoms with Crippen molar-refractivity contribution in [2.75, 3.05) is 0 Å². The predicted molar refractivity (Wildman–Crippen MR) is 129 cm³/mol. The lowest BCUT2D eigenvalue weighted by atomic mass is 10.0. The number of aromatic amines is 1. The minimum absolute atomic E-state index is 0.0526. The van der Waals surface area contributed by atoms with Crippen LogP contribution in [-0.4, -0.2) is 40.3 Å². The first-order valence-corrected chi connectivity index (χ1v) is 11.8. The highest BCUT2D eigenvalue weighted by Crippen LogP contribution is 2.30. The molecule has 0 spiro atoms. The first-order chi connectivity index (χ1) is 17.0. The quantitative estimate of drug-likeness (QED) is 0.369. The van der Waals surface area contributed by atoms with E-state index >= 15 is 4.39 Å². The molecule has 35 heavy (non-hydrogen) atoms. The first kappa shape index (κ1) is 21.4. The molecule has 8 nitrogen and oxygen atoms in total. The van der Waals surface area contributed by atoms with E-state index in [1.165, 1.54) is 12.4 Å². The molecule has 0 bridgehead atoms. The van der Waals surface area contributed by atoms with E-state index in [0.717, 1.165) is 48.1 Å². The summed E-state index contributed by atoms with van der Waals surface area (Å²) >= 11 is 0. The summed E-state index contributed by atoms with van der Waals surface area (Å²) in [6.45, 7) is 0.861. The van der Waals surface area contributed by atoms with Gasteiger partial charge in [0.1, 0.15) is 23.5 Å². The Hall–Kier alpha value is -4.14. The largest absolute Gasteiger partial charge is 0.339 e. The highest BCUT2D eigenvalue weighted by molar-refractivity contribution is 5.95. The number of Topliss-reactive ketones (excluding diaryl/α,β-unsaturated/α-hetero) is 1. The van der Waals surface area contributed by atoms with Crippen LogP contribution in [0.5, 0.6) is 0 Å². The number of ketones is 1. The van der Waals surface area contributed by atoms with Crippen molar-refractivity contribution in [3.8, 4) is 22.5 Å². The van der Waals surface area contributed by atoms with Crippen molar-refractivity contribution in [1.82, 2.24) is 34.5 Å². The molecule has 0 radical (unpaired) electrons. The zero-order valence-corrected chi connectivity index (χ0v) is 19.3. The number of fused-ring (bicyclic) bond motifs is 2. The van der Waals surface area contributed by atoms with Gasteiger partial charge in [-0.2, -0.15) is 10.2 Å². The monoisotopic (exact) mass is 469 g/mol. The lowest BCUT2D eigenvalue weighted by Crippen LogP contribution is -2.11. The maximum absolute atomic E-state index is 15.1. The lowest BCUT2D eigenvalue weighted by Gasteiger charge is -2.11. The van der Waals surface area contributed by atoms with Crippen molar-refractivity contribution < 1.29 is 9.18 Å². The summed E-state index contributed by atoms with van der Waals surface area (Å²) in [5.74, 6) is -0.405. The van der Waals surface area contributed by atoms with E-state index in [4.69, 9.17) is 0 Å². The lowest BCUT2D eigenvalue weighted by molar-refractivity contribution is 0.0977. The van der Waals surface area contributed by atoms with Gasteiger partial charge in [-0.3, -0.25) is 14.2 Å². The van der Waals surface area contributed by atoms with E-state index in [-0.39, 0.29) is 18.0 Å². The second kappa shape index (κ2) is 8.57. The molecule has 1 aliphatic rings. The molecule has 5 heterocycles. The zero-order valence-electron chi connectivity index (χ0n) is 19.3. The molecule has 176 valence electrons. The van der Waals surface area contributed by atoms with Crippen LogP contribution in [0.1, 0.15) is 41.0 Å². The SMILES string of the molecule is Cn1cc(-c2cc3c(-c4ccc(CCC(=O)c5cc6n(n5)CCCC6)c(F)c4)ncnc3[nH]2)cn1. The van der Waals surface area contributed by atoms with E-state index in [1.807, 2.05) is 36.1 Å². The minimum atomic E-state index is -0.353. The fourth-order valence-electron chi connectivity index (χ4n) is 4.71. The topological polar surface area (TPSA) is 94.3 Å². The summed E-state index contributed by atoms with van der Waals surface area (Å²) in [4.78, 5) is 24.7. The maximum Gasteiger partial charge on any atom is 0.183 e. The molecule has 6 rings (SSSR count). The molecule has 1 N–H and O–H groups in total. The number of carbonyl (C=O) groups excluding carboxylic acids is 1. The van der Waals surface area contributed by atoms with Gasteiger partial charge in [-0.05, 0) is 49.4 Å². The van der Waals surface area contributed by atoms with Gasteiger partial charge in [0.2, 0.25) is 0 Å². The van der Waals surface area contributed by atoms with Gasteiger partial charge in [0.15, 0.2) is 5.78 Å². The molecule has 4 aromatic heterocycles. The minimum Gasteiger partial charge on any atom is -0.339 e. The Morgan fingerprint density at radius 3 is 2.86 bits per heavy atom. The number of hydrogen-bond acceptors (Lipinski definition) is 5. The normalized spacial score (nSPS) is 13.3. The number of hydrogen-bond donors (Lipinski definition) is 1. The van der Waals surface area contributed by atoms with Crippen LogP contribution in [0.4, 0.5) is 4.39 Å². The fourth-order valence-corrected chi connectivity index (χ4v) is 4.71. The molecule has 5 aromatic rings. The van der Waals surface area contributed by atoms with Gasteiger partial charge in [0.05, 0.1) is 17.6 Å². The standard InChI is InChI=1S/C26H24FN7O/c1-33-14-18(13-30-33)22-12-20-25(28-15-29-26(20)31-22)17-6-5-16(21(27)10-17)7-8-24(35)23-11-19-4-2-3-9-34(19)32-23/h5-6,10-15H,2-4,7-9H2,1H3,(H,28,29,31). The van der Waals surface area contributed by atoms with E-state index < -0.39 is 0 Å². The Morgan fingerprint density at radius 1 is 1.14 bits per heavy atom. The van der Waals surface area contributed by atoms with Crippen LogP contribution in [0.15, 0.2) is 49.1 Å². The molecule has 0 atom stereocenters. The van der Waals surface area contributed by atoms with Gasteiger partial charge >= 0.3 is 0 Å². The second-order valence-electron chi connectivity index (χ2n) is 9.00. The van der Waals surface area contributed by atoms with E-state index in [0.29, 0.717) is 34.6 Å². The average Bonchev–Trinajstić information content (AvgIpc) is 3.60. The molecule has 1 aromatic carbocycles. The number of aromatic nitrogens is 7. The Morgan fingerprint density at radius 2 is 2.06 bits per heavy atom. The highest BCUT2D eigenvalue weighted by Gasteiger charge is 2.18. The Balaban J connectivity index is 1.22. The van der Waals surface area contributed by atoms with E-state index in [9.17, 15) is 4.79 Å². The molecule has 0 saturated heterocycles. The average molecular weight is 470 g/mol. The maximum atomic E-state index is 15.1. The van der Waals surface area contributed by atoms with Gasteiger partial charge in [0, 0.05) is 48.4 Å². The predicted octanol–water partition coefficient (Wildman–Crippen LogP) is 4.51. The number of rotatable bonds is 6. The molecule has 1 aliphatic heterocycles. The molecular formula is C26H24FN7O. The Kier molecular flexibility index (Phi) is 5.24. The van der Waals surface area contributed by atoms with Crippen LogP contribution in [0, 0.1) is 5.82 Å². The van der Waals surface area contributed by atoms with Crippen LogP contribution in [0.2, 0.25) is 0 Å². The van der Waals surface area contributed by atoms with Crippen LogP contribution in [0.25, 0.3) is 33.5 Å². The number of nitrogens with one attached hydrogen (secondary N) is 1. The van der Waals surface area contributed by atoms with E-state index in [1.54, 1.807) is 16.9 Å². The summed E-state index contributed by atoms with van der Waals surface area (Å²) < 4.78 is 18.7. The second-order valence-corrected chi connectivity index (χ2v) is 9.00. The summed E-state index contributed by atoms with van der Waals surface area (Å²) in [5, 5.41) is 9.46. The van der Waals surface area contributed by atoms with Gasteiger partial charge < -0.3 is 4.98 Å². The Bertz CT molecular complexity index is 1540. The number of carbonyl (C=O) groups is 1. The smallest absolute Gasteiger partial charge is 0.183 e. The fraction of sp³-hybridized carbons (Fsp3) is 0.269. The van der Waals surface area contributed by atoms with Crippen LogP contribution < -0.4 is 0 Å². The number of benzene rings is 1. The summed E-state index contributed by atoms with van der Waals surface area (Å²) in [7, 11) is 1.86. The molecule has 0 amide bonds. The molecule has 0 unspecified atom stereocenters. The van der Waals surface area contributed by atoms with Crippen molar-refractivity contribution in [3.05, 3.63) is 71.8 Å². The van der Waals surface area contributed by atoms with Gasteiger partial charge in [-0.15, -0.1) is 0 Å². The van der Waals surface area contributed by atoms with E-state index in [2.05, 4.69) is 25.1 Å². The van der Waals surface area contributed by atoms with Crippen LogP contribution in [-0.2, 0) is 26.4 Å². The zero-order chi connectivity index (χ0) is 23.9. The first-order valence-electron chi connectivity index (χ1n) is 11.8. The highest BCUT2D eigenvalue weighted by atomic mass is 19.1. The number of nitrogens with zero attached hydrogens (tertiary/aromatic N) is 6. The molecule has 0 aliphatic carbocycles. The molecule has 9 heteroatoms. The number of halogens is 1. The van der Waals surface area contributed by atoms with Crippen LogP contribution >= 0.6 is 0 Å². The van der Waals surface area contributed by atoms with Gasteiger partial charge in [-0.25, -0.2) is 14.4 Å². The molecule has 0 saturated carbocycles. The molecule has 0 fully saturated rings. The third-order valence-electron chi connectivity index (χ3n) is 6.59. The summed E-state index contributed by atoms with van der Waals surface area (Å²) in [5.41, 5.74) is 5.87. The third-order valence-corrected chi connectivity index (χ3v) is 6.59.